The highest BCUT2D eigenvalue weighted by Gasteiger charge is 2.06. The maximum atomic E-state index is 12.4. The fraction of sp³-hybridized carbons (Fsp3) is 0.0833. The lowest BCUT2D eigenvalue weighted by molar-refractivity contribution is 0.0947. The molecule has 0 aliphatic carbocycles. The van der Waals surface area contributed by atoms with Gasteiger partial charge in [-0.25, -0.2) is 0 Å². The summed E-state index contributed by atoms with van der Waals surface area (Å²) in [6.45, 7) is 0.849. The first-order valence-corrected chi connectivity index (χ1v) is 9.46. The Morgan fingerprint density at radius 2 is 1.72 bits per heavy atom. The van der Waals surface area contributed by atoms with E-state index < -0.39 is 0 Å². The summed E-state index contributed by atoms with van der Waals surface area (Å²) in [7, 11) is 0. The molecular weight excluding hydrogens is 362 g/mol. The molecule has 3 aromatic carbocycles. The molecule has 1 aromatic heterocycles. The van der Waals surface area contributed by atoms with Gasteiger partial charge in [-0.2, -0.15) is 0 Å². The quantitative estimate of drug-likeness (QED) is 0.451. The van der Waals surface area contributed by atoms with E-state index in [0.717, 1.165) is 28.0 Å². The lowest BCUT2D eigenvalue weighted by Gasteiger charge is -2.10. The van der Waals surface area contributed by atoms with Crippen LogP contribution in [-0.2, 0) is 0 Å². The van der Waals surface area contributed by atoms with Crippen molar-refractivity contribution in [2.45, 2.75) is 0 Å². The van der Waals surface area contributed by atoms with Gasteiger partial charge >= 0.3 is 0 Å². The number of carbonyl (C=O) groups is 1. The number of pyridine rings is 1. The highest BCUT2D eigenvalue weighted by atomic mass is 16.5. The zero-order chi connectivity index (χ0) is 19.9. The van der Waals surface area contributed by atoms with E-state index in [0.29, 0.717) is 18.7 Å². The molecule has 0 spiro atoms. The average Bonchev–Trinajstić information content (AvgIpc) is 2.77. The summed E-state index contributed by atoms with van der Waals surface area (Å²) in [5.74, 6) is 0.659. The molecule has 1 amide bonds. The van der Waals surface area contributed by atoms with E-state index in [2.05, 4.69) is 15.6 Å². The Morgan fingerprint density at radius 1 is 0.862 bits per heavy atom. The van der Waals surface area contributed by atoms with E-state index in [1.54, 1.807) is 12.3 Å². The van der Waals surface area contributed by atoms with Crippen molar-refractivity contribution in [3.05, 3.63) is 96.7 Å². The van der Waals surface area contributed by atoms with Crippen molar-refractivity contribution in [2.75, 3.05) is 18.5 Å². The van der Waals surface area contributed by atoms with Crippen molar-refractivity contribution in [1.82, 2.24) is 10.3 Å². The molecule has 5 heteroatoms. The fourth-order valence-electron chi connectivity index (χ4n) is 3.01. The number of para-hydroxylation sites is 1. The molecule has 0 unspecified atom stereocenters. The molecule has 0 radical (unpaired) electrons. The van der Waals surface area contributed by atoms with Gasteiger partial charge in [-0.05, 0) is 54.6 Å². The second-order valence-corrected chi connectivity index (χ2v) is 6.53. The number of rotatable bonds is 7. The first kappa shape index (κ1) is 18.5. The third-order valence-corrected chi connectivity index (χ3v) is 4.42. The minimum Gasteiger partial charge on any atom is -0.492 e. The number of hydrogen-bond acceptors (Lipinski definition) is 4. The van der Waals surface area contributed by atoms with Crippen LogP contribution in [0.15, 0.2) is 91.1 Å². The summed E-state index contributed by atoms with van der Waals surface area (Å²) in [4.78, 5) is 16.8. The number of benzene rings is 3. The highest BCUT2D eigenvalue weighted by Crippen LogP contribution is 2.22. The van der Waals surface area contributed by atoms with Crippen molar-refractivity contribution >= 4 is 28.2 Å². The van der Waals surface area contributed by atoms with E-state index in [-0.39, 0.29) is 5.91 Å². The van der Waals surface area contributed by atoms with Crippen LogP contribution in [0.5, 0.6) is 5.75 Å². The van der Waals surface area contributed by atoms with Crippen LogP contribution in [0.2, 0.25) is 0 Å². The Bertz CT molecular complexity index is 1110. The number of anilines is 2. The zero-order valence-corrected chi connectivity index (χ0v) is 15.8. The van der Waals surface area contributed by atoms with Gasteiger partial charge in [0.05, 0.1) is 12.1 Å². The molecule has 0 atom stereocenters. The number of ether oxygens (including phenoxy) is 1. The van der Waals surface area contributed by atoms with Crippen molar-refractivity contribution < 1.29 is 9.53 Å². The predicted molar refractivity (Wildman–Crippen MR) is 116 cm³/mol. The molecule has 0 bridgehead atoms. The van der Waals surface area contributed by atoms with E-state index >= 15 is 0 Å². The number of carbonyl (C=O) groups excluding carboxylic acids is 1. The molecule has 1 heterocycles. The summed E-state index contributed by atoms with van der Waals surface area (Å²) in [5.41, 5.74) is 3.34. The molecule has 0 aliphatic heterocycles. The summed E-state index contributed by atoms with van der Waals surface area (Å²) in [6.07, 6.45) is 1.78. The van der Waals surface area contributed by atoms with E-state index in [1.165, 1.54) is 0 Å². The van der Waals surface area contributed by atoms with Crippen LogP contribution in [0, 0.1) is 0 Å². The molecule has 144 valence electrons. The molecule has 2 N–H and O–H groups in total. The Kier molecular flexibility index (Phi) is 5.67. The first-order chi connectivity index (χ1) is 14.3. The number of amides is 1. The molecule has 4 rings (SSSR count). The smallest absolute Gasteiger partial charge is 0.251 e. The van der Waals surface area contributed by atoms with Crippen molar-refractivity contribution in [1.29, 1.82) is 0 Å². The van der Waals surface area contributed by atoms with Crippen LogP contribution in [0.4, 0.5) is 11.4 Å². The van der Waals surface area contributed by atoms with Gasteiger partial charge in [0.2, 0.25) is 0 Å². The van der Waals surface area contributed by atoms with Crippen LogP contribution in [-0.4, -0.2) is 24.0 Å². The summed E-state index contributed by atoms with van der Waals surface area (Å²) >= 11 is 0. The molecule has 29 heavy (non-hydrogen) atoms. The van der Waals surface area contributed by atoms with Crippen LogP contribution in [0.25, 0.3) is 10.9 Å². The number of aromatic nitrogens is 1. The minimum atomic E-state index is -0.131. The molecule has 0 saturated heterocycles. The highest BCUT2D eigenvalue weighted by molar-refractivity contribution is 5.95. The average molecular weight is 383 g/mol. The Labute approximate surface area is 169 Å². The topological polar surface area (TPSA) is 63.2 Å². The van der Waals surface area contributed by atoms with Gasteiger partial charge < -0.3 is 15.4 Å². The van der Waals surface area contributed by atoms with Crippen LogP contribution in [0.1, 0.15) is 10.4 Å². The number of nitrogens with one attached hydrogen (secondary N) is 2. The summed E-state index contributed by atoms with van der Waals surface area (Å²) < 4.78 is 5.60. The number of fused-ring (bicyclic) bond motifs is 1. The van der Waals surface area contributed by atoms with Gasteiger partial charge in [0.15, 0.2) is 0 Å². The van der Waals surface area contributed by atoms with Crippen molar-refractivity contribution in [3.63, 3.8) is 0 Å². The van der Waals surface area contributed by atoms with Crippen molar-refractivity contribution in [2.24, 2.45) is 0 Å². The van der Waals surface area contributed by atoms with Crippen LogP contribution >= 0.6 is 0 Å². The Morgan fingerprint density at radius 3 is 2.62 bits per heavy atom. The van der Waals surface area contributed by atoms with Gasteiger partial charge in [0.25, 0.3) is 5.91 Å². The van der Waals surface area contributed by atoms with Gasteiger partial charge in [0, 0.05) is 28.5 Å². The Hall–Kier alpha value is -3.86. The maximum Gasteiger partial charge on any atom is 0.251 e. The maximum absolute atomic E-state index is 12.4. The fourth-order valence-corrected chi connectivity index (χ4v) is 3.01. The minimum absolute atomic E-state index is 0.131. The first-order valence-electron chi connectivity index (χ1n) is 9.46. The molecule has 0 fully saturated rings. The monoisotopic (exact) mass is 383 g/mol. The lowest BCUT2D eigenvalue weighted by Crippen LogP contribution is -2.28. The normalized spacial score (nSPS) is 10.5. The zero-order valence-electron chi connectivity index (χ0n) is 15.8. The van der Waals surface area contributed by atoms with Gasteiger partial charge in [0.1, 0.15) is 12.4 Å². The predicted octanol–water partition coefficient (Wildman–Crippen LogP) is 4.79. The van der Waals surface area contributed by atoms with E-state index in [4.69, 9.17) is 4.74 Å². The van der Waals surface area contributed by atoms with E-state index in [1.807, 2.05) is 78.9 Å². The standard InChI is InChI=1S/C24H21N3O2/c28-24(26-14-15-29-22-9-2-1-3-10-22)19-6-4-8-20(17-19)27-21-11-12-23-18(16-21)7-5-13-25-23/h1-13,16-17,27H,14-15H2,(H,26,28). The van der Waals surface area contributed by atoms with Gasteiger partial charge in [-0.1, -0.05) is 30.3 Å². The SMILES string of the molecule is O=C(NCCOc1ccccc1)c1cccc(Nc2ccc3ncccc3c2)c1. The van der Waals surface area contributed by atoms with Crippen LogP contribution in [0.3, 0.4) is 0 Å². The second-order valence-electron chi connectivity index (χ2n) is 6.53. The molecular formula is C24H21N3O2. The molecule has 0 saturated carbocycles. The largest absolute Gasteiger partial charge is 0.492 e. The lowest BCUT2D eigenvalue weighted by atomic mass is 10.1. The Balaban J connectivity index is 1.35. The van der Waals surface area contributed by atoms with Crippen molar-refractivity contribution in [3.8, 4) is 5.75 Å². The number of nitrogens with zero attached hydrogens (tertiary/aromatic N) is 1. The number of hydrogen-bond donors (Lipinski definition) is 2. The van der Waals surface area contributed by atoms with Gasteiger partial charge in [-0.15, -0.1) is 0 Å². The summed E-state index contributed by atoms with van der Waals surface area (Å²) in [6, 6.07) is 26.9. The van der Waals surface area contributed by atoms with Gasteiger partial charge in [-0.3, -0.25) is 9.78 Å². The second kappa shape index (κ2) is 8.89. The third-order valence-electron chi connectivity index (χ3n) is 4.42. The third kappa shape index (κ3) is 4.90. The summed E-state index contributed by atoms with van der Waals surface area (Å²) in [5, 5.41) is 7.29. The van der Waals surface area contributed by atoms with E-state index in [9.17, 15) is 4.79 Å². The molecule has 0 aliphatic rings. The molecule has 4 aromatic rings. The van der Waals surface area contributed by atoms with Crippen LogP contribution < -0.4 is 15.4 Å². The molecule has 5 nitrogen and oxygen atoms in total.